The molecule has 15 nitrogen and oxygen atoms in total. The Labute approximate surface area is 304 Å². The third-order valence-corrected chi connectivity index (χ3v) is 8.54. The molecule has 0 bridgehead atoms. The second-order valence-corrected chi connectivity index (χ2v) is 12.2. The van der Waals surface area contributed by atoms with Gasteiger partial charge in [-0.05, 0) is 36.2 Å². The number of aryl methyl sites for hydroxylation is 1. The quantitative estimate of drug-likeness (QED) is 0.0701. The number of hydrogen-bond donors (Lipinski definition) is 2. The van der Waals surface area contributed by atoms with Gasteiger partial charge in [0.2, 0.25) is 11.8 Å². The summed E-state index contributed by atoms with van der Waals surface area (Å²) in [4.78, 5) is 53.7. The Kier molecular flexibility index (Phi) is 12.1. The van der Waals surface area contributed by atoms with E-state index in [2.05, 4.69) is 27.2 Å². The number of carbonyl (C=O) groups excluding carboxylic acids is 3. The smallest absolute Gasteiger partial charge is 0.342 e. The normalized spacial score (nSPS) is 14.2. The van der Waals surface area contributed by atoms with Crippen molar-refractivity contribution in [3.8, 4) is 23.0 Å². The summed E-state index contributed by atoms with van der Waals surface area (Å²) in [6, 6.07) is 15.7. The average molecular weight is 722 g/mol. The van der Waals surface area contributed by atoms with E-state index in [1.165, 1.54) is 9.13 Å². The fourth-order valence-electron chi connectivity index (χ4n) is 5.76. The molecule has 0 radical (unpaired) electrons. The zero-order chi connectivity index (χ0) is 37.2. The molecule has 1 unspecified atom stereocenters. The molecule has 0 aliphatic carbocycles. The first-order valence-electron chi connectivity index (χ1n) is 17.0. The summed E-state index contributed by atoms with van der Waals surface area (Å²) in [5.41, 5.74) is 10.1. The predicted octanol–water partition coefficient (Wildman–Crippen LogP) is 2.62. The highest BCUT2D eigenvalue weighted by molar-refractivity contribution is 6.00. The van der Waals surface area contributed by atoms with Gasteiger partial charge in [0.15, 0.2) is 0 Å². The van der Waals surface area contributed by atoms with Gasteiger partial charge in [-0.15, -0.1) is 0 Å². The van der Waals surface area contributed by atoms with Crippen LogP contribution in [-0.2, 0) is 48.7 Å². The van der Waals surface area contributed by atoms with Crippen molar-refractivity contribution < 1.29 is 33.3 Å². The van der Waals surface area contributed by atoms with Crippen LogP contribution >= 0.6 is 0 Å². The zero-order valence-corrected chi connectivity index (χ0v) is 29.2. The van der Waals surface area contributed by atoms with Crippen LogP contribution in [0.5, 0.6) is 0 Å². The number of carbonyl (C=O) groups is 3. The largest absolute Gasteiger partial charge is 0.457 e. The Hall–Kier alpha value is -6.08. The number of pyridine rings is 1. The number of hydrogen-bond acceptors (Lipinski definition) is 11. The van der Waals surface area contributed by atoms with Crippen LogP contribution in [0, 0.1) is 11.8 Å². The summed E-state index contributed by atoms with van der Waals surface area (Å²) in [5, 5.41) is 6.69. The lowest BCUT2D eigenvalue weighted by Gasteiger charge is -2.21. The standard InChI is InChI=1S/C38H39N7O8/c1-43-33-20-26(9-10-31(33)45(38(43)49)32-11-12-34(46)42-36(32)47)8-5-14-50-16-18-52-19-17-51-15-13-44-24-29(23-41-44)28-21-30(35(39)40-22-28)37(48)53-25-27-6-3-2-4-7-27/h2-4,6-7,9-10,20-24,32H,11-19,25H2,1H3,(H2,39,40)(H,42,46,47). The highest BCUT2D eigenvalue weighted by atomic mass is 16.5. The number of imide groups is 1. The van der Waals surface area contributed by atoms with Crippen molar-refractivity contribution in [3.63, 3.8) is 0 Å². The Bertz CT molecular complexity index is 2210. The van der Waals surface area contributed by atoms with Crippen LogP contribution < -0.4 is 16.7 Å². The lowest BCUT2D eigenvalue weighted by Crippen LogP contribution is -2.44. The van der Waals surface area contributed by atoms with E-state index in [9.17, 15) is 19.2 Å². The number of nitrogens with two attached hydrogens (primary N) is 1. The number of imidazole rings is 1. The minimum Gasteiger partial charge on any atom is -0.457 e. The van der Waals surface area contributed by atoms with E-state index >= 15 is 0 Å². The van der Waals surface area contributed by atoms with E-state index in [4.69, 9.17) is 24.7 Å². The van der Waals surface area contributed by atoms with Gasteiger partial charge in [0.1, 0.15) is 30.6 Å². The molecule has 274 valence electrons. The molecule has 1 atom stereocenters. The number of nitrogens with one attached hydrogen (secondary N) is 1. The predicted molar refractivity (Wildman–Crippen MR) is 193 cm³/mol. The first-order chi connectivity index (χ1) is 25.8. The van der Waals surface area contributed by atoms with Crippen LogP contribution in [0.15, 0.2) is 78.0 Å². The van der Waals surface area contributed by atoms with E-state index < -0.39 is 17.9 Å². The van der Waals surface area contributed by atoms with Gasteiger partial charge in [-0.25, -0.2) is 14.6 Å². The molecule has 1 saturated heterocycles. The van der Waals surface area contributed by atoms with Crippen molar-refractivity contribution >= 4 is 34.6 Å². The topological polar surface area (TPSA) is 184 Å². The van der Waals surface area contributed by atoms with Crippen molar-refractivity contribution in [3.05, 3.63) is 100 Å². The first-order valence-corrected chi connectivity index (χ1v) is 17.0. The highest BCUT2D eigenvalue weighted by Gasteiger charge is 2.31. The summed E-state index contributed by atoms with van der Waals surface area (Å²) in [6.45, 7) is 2.83. The summed E-state index contributed by atoms with van der Waals surface area (Å²) in [5.74, 6) is 4.74. The Balaban J connectivity index is 0.861. The monoisotopic (exact) mass is 721 g/mol. The summed E-state index contributed by atoms with van der Waals surface area (Å²) in [6.07, 6.45) is 5.58. The number of nitrogens with zero attached hydrogens (tertiary/aromatic N) is 5. The van der Waals surface area contributed by atoms with Crippen molar-refractivity contribution in [2.75, 3.05) is 45.4 Å². The average Bonchev–Trinajstić information content (AvgIpc) is 3.73. The van der Waals surface area contributed by atoms with Crippen LogP contribution in [0.2, 0.25) is 0 Å². The molecule has 3 N–H and O–H groups in total. The van der Waals surface area contributed by atoms with Crippen LogP contribution in [0.1, 0.15) is 40.4 Å². The van der Waals surface area contributed by atoms with E-state index in [-0.39, 0.29) is 49.0 Å². The molecule has 15 heteroatoms. The molecule has 1 aliphatic rings. The number of anilines is 1. The van der Waals surface area contributed by atoms with Crippen molar-refractivity contribution in [1.82, 2.24) is 29.2 Å². The van der Waals surface area contributed by atoms with Crippen molar-refractivity contribution in [2.45, 2.75) is 32.0 Å². The number of aromatic nitrogens is 5. The molecule has 1 fully saturated rings. The molecule has 2 aromatic carbocycles. The van der Waals surface area contributed by atoms with Crippen molar-refractivity contribution in [1.29, 1.82) is 0 Å². The van der Waals surface area contributed by atoms with Gasteiger partial charge >= 0.3 is 11.7 Å². The number of rotatable bonds is 15. The van der Waals surface area contributed by atoms with Gasteiger partial charge in [-0.2, -0.15) is 5.10 Å². The van der Waals surface area contributed by atoms with Gasteiger partial charge in [-0.3, -0.25) is 28.7 Å². The van der Waals surface area contributed by atoms with Gasteiger partial charge in [0, 0.05) is 42.6 Å². The molecule has 4 heterocycles. The minimum absolute atomic E-state index is 0.0958. The summed E-state index contributed by atoms with van der Waals surface area (Å²) in [7, 11) is 1.64. The maximum Gasteiger partial charge on any atom is 0.342 e. The molecule has 3 aromatic heterocycles. The SMILES string of the molecule is Cn1c(=O)n(C2CCC(=O)NC2=O)c2ccc(C#CCOCCOCCOCCn3cc(-c4cnc(N)c(C(=O)OCc5ccccc5)c4)cn3)cc21. The number of ether oxygens (including phenoxy) is 4. The lowest BCUT2D eigenvalue weighted by molar-refractivity contribution is -0.135. The minimum atomic E-state index is -0.735. The van der Waals surface area contributed by atoms with E-state index in [0.29, 0.717) is 61.7 Å². The number of fused-ring (bicyclic) bond motifs is 1. The van der Waals surface area contributed by atoms with Gasteiger partial charge < -0.3 is 24.7 Å². The molecule has 2 amide bonds. The molecule has 5 aromatic rings. The van der Waals surface area contributed by atoms with E-state index in [1.807, 2.05) is 36.5 Å². The van der Waals surface area contributed by atoms with Crippen LogP contribution in [-0.4, -0.2) is 81.3 Å². The van der Waals surface area contributed by atoms with Crippen LogP contribution in [0.3, 0.4) is 0 Å². The van der Waals surface area contributed by atoms with Gasteiger partial charge in [0.05, 0.1) is 56.8 Å². The third-order valence-electron chi connectivity index (χ3n) is 8.54. The van der Waals surface area contributed by atoms with E-state index in [0.717, 1.165) is 11.1 Å². The Morgan fingerprint density at radius 1 is 0.943 bits per heavy atom. The second-order valence-electron chi connectivity index (χ2n) is 12.2. The zero-order valence-electron chi connectivity index (χ0n) is 29.2. The second kappa shape index (κ2) is 17.4. The van der Waals surface area contributed by atoms with E-state index in [1.54, 1.807) is 48.4 Å². The maximum atomic E-state index is 12.9. The molecule has 0 spiro atoms. The third kappa shape index (κ3) is 9.24. The highest BCUT2D eigenvalue weighted by Crippen LogP contribution is 2.24. The van der Waals surface area contributed by atoms with Crippen molar-refractivity contribution in [2.24, 2.45) is 7.05 Å². The molecular formula is C38H39N7O8. The number of piperidine rings is 1. The molecule has 0 saturated carbocycles. The fraction of sp³-hybridized carbons (Fsp3) is 0.316. The van der Waals surface area contributed by atoms with Gasteiger partial charge in [0.25, 0.3) is 0 Å². The molecule has 53 heavy (non-hydrogen) atoms. The number of benzene rings is 2. The summed E-state index contributed by atoms with van der Waals surface area (Å²) < 4.78 is 26.9. The molecule has 6 rings (SSSR count). The first kappa shape index (κ1) is 36.7. The number of nitrogen functional groups attached to an aromatic ring is 1. The molecule has 1 aliphatic heterocycles. The Morgan fingerprint density at radius 3 is 2.51 bits per heavy atom. The Morgan fingerprint density at radius 2 is 1.72 bits per heavy atom. The van der Waals surface area contributed by atoms with Crippen LogP contribution in [0.25, 0.3) is 22.2 Å². The molecular weight excluding hydrogens is 682 g/mol. The maximum absolute atomic E-state index is 12.9. The number of esters is 1. The number of amides is 2. The summed E-state index contributed by atoms with van der Waals surface area (Å²) >= 11 is 0. The lowest BCUT2D eigenvalue weighted by atomic mass is 10.1. The fourth-order valence-corrected chi connectivity index (χ4v) is 5.76. The van der Waals surface area contributed by atoms with Crippen LogP contribution in [0.4, 0.5) is 5.82 Å². The van der Waals surface area contributed by atoms with Gasteiger partial charge in [-0.1, -0.05) is 42.2 Å².